The van der Waals surface area contributed by atoms with E-state index in [4.69, 9.17) is 5.73 Å². The van der Waals surface area contributed by atoms with Crippen LogP contribution < -0.4 is 5.73 Å². The van der Waals surface area contributed by atoms with Gasteiger partial charge in [0.1, 0.15) is 0 Å². The standard InChI is InChI=1S/C10H17N3/c1-2-6-13-7-8-9(11)4-3-5-10(8)12-13/h7,9H,2-6,11H2,1H3. The molecule has 2 N–H and O–H groups in total. The number of nitrogens with two attached hydrogens (primary N) is 1. The summed E-state index contributed by atoms with van der Waals surface area (Å²) in [6, 6.07) is 0.231. The zero-order valence-electron chi connectivity index (χ0n) is 8.16. The van der Waals surface area contributed by atoms with Crippen LogP contribution in [0.25, 0.3) is 0 Å². The monoisotopic (exact) mass is 179 g/mol. The summed E-state index contributed by atoms with van der Waals surface area (Å²) in [5.41, 5.74) is 8.51. The fraction of sp³-hybridized carbons (Fsp3) is 0.700. The second-order valence-corrected chi connectivity index (χ2v) is 3.79. The summed E-state index contributed by atoms with van der Waals surface area (Å²) in [6.45, 7) is 3.18. The zero-order valence-corrected chi connectivity index (χ0v) is 8.16. The topological polar surface area (TPSA) is 43.8 Å². The van der Waals surface area contributed by atoms with Gasteiger partial charge < -0.3 is 5.73 Å². The Hall–Kier alpha value is -0.830. The maximum absolute atomic E-state index is 6.00. The molecule has 0 aromatic carbocycles. The van der Waals surface area contributed by atoms with Gasteiger partial charge in [-0.15, -0.1) is 0 Å². The molecule has 13 heavy (non-hydrogen) atoms. The van der Waals surface area contributed by atoms with E-state index in [0.29, 0.717) is 0 Å². The molecule has 1 unspecified atom stereocenters. The molecule has 0 spiro atoms. The maximum Gasteiger partial charge on any atom is 0.0672 e. The number of aromatic nitrogens is 2. The first-order valence-corrected chi connectivity index (χ1v) is 5.13. The van der Waals surface area contributed by atoms with Crippen LogP contribution in [0.2, 0.25) is 0 Å². The van der Waals surface area contributed by atoms with Gasteiger partial charge in [0.2, 0.25) is 0 Å². The lowest BCUT2D eigenvalue weighted by Gasteiger charge is -2.16. The van der Waals surface area contributed by atoms with Crippen LogP contribution in [-0.2, 0) is 13.0 Å². The van der Waals surface area contributed by atoms with Crippen molar-refractivity contribution in [2.24, 2.45) is 5.73 Å². The second-order valence-electron chi connectivity index (χ2n) is 3.79. The summed E-state index contributed by atoms with van der Waals surface area (Å²) in [6.07, 6.45) is 6.68. The molecule has 0 amide bonds. The van der Waals surface area contributed by atoms with Gasteiger partial charge in [0.05, 0.1) is 5.69 Å². The highest BCUT2D eigenvalue weighted by atomic mass is 15.3. The van der Waals surface area contributed by atoms with Crippen LogP contribution in [0.1, 0.15) is 43.5 Å². The molecule has 1 aliphatic carbocycles. The zero-order chi connectivity index (χ0) is 9.26. The predicted molar refractivity (Wildman–Crippen MR) is 52.4 cm³/mol. The van der Waals surface area contributed by atoms with Gasteiger partial charge in [0.25, 0.3) is 0 Å². The van der Waals surface area contributed by atoms with E-state index < -0.39 is 0 Å². The first kappa shape index (κ1) is 8.75. The number of aryl methyl sites for hydroxylation is 2. The molecule has 2 rings (SSSR count). The number of fused-ring (bicyclic) bond motifs is 1. The minimum atomic E-state index is 0.231. The Kier molecular flexibility index (Phi) is 2.36. The van der Waals surface area contributed by atoms with Gasteiger partial charge in [-0.25, -0.2) is 0 Å². The van der Waals surface area contributed by atoms with Crippen LogP contribution >= 0.6 is 0 Å². The van der Waals surface area contributed by atoms with Gasteiger partial charge in [-0.2, -0.15) is 5.10 Å². The quantitative estimate of drug-likeness (QED) is 0.750. The van der Waals surface area contributed by atoms with Crippen molar-refractivity contribution in [2.75, 3.05) is 0 Å². The third-order valence-corrected chi connectivity index (χ3v) is 2.65. The SMILES string of the molecule is CCCn1cc2c(n1)CCCC2N. The van der Waals surface area contributed by atoms with Gasteiger partial charge in [-0.1, -0.05) is 6.92 Å². The van der Waals surface area contributed by atoms with E-state index in [0.717, 1.165) is 25.8 Å². The van der Waals surface area contributed by atoms with Crippen LogP contribution in [0.5, 0.6) is 0 Å². The van der Waals surface area contributed by atoms with E-state index in [1.165, 1.54) is 17.7 Å². The highest BCUT2D eigenvalue weighted by molar-refractivity contribution is 5.23. The lowest BCUT2D eigenvalue weighted by molar-refractivity contribution is 0.560. The fourth-order valence-electron chi connectivity index (χ4n) is 1.97. The number of hydrogen-bond acceptors (Lipinski definition) is 2. The molecule has 0 bridgehead atoms. The van der Waals surface area contributed by atoms with E-state index in [1.807, 2.05) is 4.68 Å². The van der Waals surface area contributed by atoms with Crippen LogP contribution in [-0.4, -0.2) is 9.78 Å². The molecule has 1 heterocycles. The van der Waals surface area contributed by atoms with E-state index in [9.17, 15) is 0 Å². The van der Waals surface area contributed by atoms with Crippen molar-refractivity contribution >= 4 is 0 Å². The van der Waals surface area contributed by atoms with Gasteiger partial charge in [0.15, 0.2) is 0 Å². The molecule has 72 valence electrons. The van der Waals surface area contributed by atoms with Crippen LogP contribution in [0.4, 0.5) is 0 Å². The molecular weight excluding hydrogens is 162 g/mol. The van der Waals surface area contributed by atoms with Crippen molar-refractivity contribution in [3.8, 4) is 0 Å². The van der Waals surface area contributed by atoms with E-state index >= 15 is 0 Å². The molecule has 1 aliphatic rings. The fourth-order valence-corrected chi connectivity index (χ4v) is 1.97. The number of rotatable bonds is 2. The summed E-state index contributed by atoms with van der Waals surface area (Å²) in [7, 11) is 0. The largest absolute Gasteiger partial charge is 0.324 e. The second kappa shape index (κ2) is 3.50. The Morgan fingerprint density at radius 1 is 1.69 bits per heavy atom. The predicted octanol–water partition coefficient (Wildman–Crippen LogP) is 1.63. The van der Waals surface area contributed by atoms with Gasteiger partial charge in [-0.05, 0) is 25.7 Å². The van der Waals surface area contributed by atoms with Crippen molar-refractivity contribution in [1.29, 1.82) is 0 Å². The minimum absolute atomic E-state index is 0.231. The average Bonchev–Trinajstić information content (AvgIpc) is 2.49. The summed E-state index contributed by atoms with van der Waals surface area (Å²) in [5, 5.41) is 4.53. The molecule has 3 heteroatoms. The first-order valence-electron chi connectivity index (χ1n) is 5.13. The third kappa shape index (κ3) is 1.61. The smallest absolute Gasteiger partial charge is 0.0672 e. The lowest BCUT2D eigenvalue weighted by Crippen LogP contribution is -2.15. The average molecular weight is 179 g/mol. The first-order chi connectivity index (χ1) is 6.31. The molecule has 0 radical (unpaired) electrons. The Balaban J connectivity index is 2.25. The summed E-state index contributed by atoms with van der Waals surface area (Å²) < 4.78 is 2.04. The van der Waals surface area contributed by atoms with E-state index in [2.05, 4.69) is 18.2 Å². The molecule has 1 aromatic rings. The number of hydrogen-bond donors (Lipinski definition) is 1. The Morgan fingerprint density at radius 2 is 2.54 bits per heavy atom. The van der Waals surface area contributed by atoms with Crippen LogP contribution in [0.3, 0.4) is 0 Å². The highest BCUT2D eigenvalue weighted by Gasteiger charge is 2.19. The van der Waals surface area contributed by atoms with Crippen molar-refractivity contribution in [3.63, 3.8) is 0 Å². The van der Waals surface area contributed by atoms with Crippen molar-refractivity contribution in [1.82, 2.24) is 9.78 Å². The molecule has 1 aromatic heterocycles. The van der Waals surface area contributed by atoms with E-state index in [1.54, 1.807) is 0 Å². The van der Waals surface area contributed by atoms with Crippen LogP contribution in [0.15, 0.2) is 6.20 Å². The molecule has 3 nitrogen and oxygen atoms in total. The van der Waals surface area contributed by atoms with E-state index in [-0.39, 0.29) is 6.04 Å². The molecule has 0 aliphatic heterocycles. The van der Waals surface area contributed by atoms with Crippen molar-refractivity contribution in [2.45, 2.75) is 45.2 Å². The third-order valence-electron chi connectivity index (χ3n) is 2.65. The molecule has 1 atom stereocenters. The molecule has 0 saturated heterocycles. The van der Waals surface area contributed by atoms with Crippen molar-refractivity contribution in [3.05, 3.63) is 17.5 Å². The Morgan fingerprint density at radius 3 is 3.23 bits per heavy atom. The summed E-state index contributed by atoms with van der Waals surface area (Å²) >= 11 is 0. The maximum atomic E-state index is 6.00. The Labute approximate surface area is 78.9 Å². The van der Waals surface area contributed by atoms with Crippen molar-refractivity contribution < 1.29 is 0 Å². The van der Waals surface area contributed by atoms with Gasteiger partial charge in [-0.3, -0.25) is 4.68 Å². The molecule has 0 fully saturated rings. The summed E-state index contributed by atoms with van der Waals surface area (Å²) in [5.74, 6) is 0. The lowest BCUT2D eigenvalue weighted by atomic mass is 9.94. The van der Waals surface area contributed by atoms with Crippen LogP contribution in [0, 0.1) is 0 Å². The highest BCUT2D eigenvalue weighted by Crippen LogP contribution is 2.26. The molecular formula is C10H17N3. The summed E-state index contributed by atoms with van der Waals surface area (Å²) in [4.78, 5) is 0. The Bertz CT molecular complexity index is 290. The molecule has 0 saturated carbocycles. The number of nitrogens with zero attached hydrogens (tertiary/aromatic N) is 2. The van der Waals surface area contributed by atoms with Gasteiger partial charge in [0, 0.05) is 24.3 Å². The minimum Gasteiger partial charge on any atom is -0.324 e. The normalized spacial score (nSPS) is 21.5. The van der Waals surface area contributed by atoms with Gasteiger partial charge >= 0.3 is 0 Å².